The first-order valence-electron chi connectivity index (χ1n) is 6.69. The summed E-state index contributed by atoms with van der Waals surface area (Å²) in [5, 5.41) is 4.98. The first-order valence-corrected chi connectivity index (χ1v) is 8.36. The highest BCUT2D eigenvalue weighted by Crippen LogP contribution is 2.28. The minimum Gasteiger partial charge on any atom is -0.318 e. The van der Waals surface area contributed by atoms with Crippen LogP contribution in [0.3, 0.4) is 0 Å². The summed E-state index contributed by atoms with van der Waals surface area (Å²) in [6.07, 6.45) is 0. The molecule has 0 aliphatic carbocycles. The van der Waals surface area contributed by atoms with Gasteiger partial charge in [-0.05, 0) is 34.5 Å². The molecule has 1 unspecified atom stereocenters. The zero-order valence-electron chi connectivity index (χ0n) is 12.0. The maximum absolute atomic E-state index is 12.6. The first kappa shape index (κ1) is 15.7. The van der Waals surface area contributed by atoms with Gasteiger partial charge < -0.3 is 5.32 Å². The fourth-order valence-electron chi connectivity index (χ4n) is 2.30. The van der Waals surface area contributed by atoms with E-state index in [9.17, 15) is 14.4 Å². The van der Waals surface area contributed by atoms with Crippen LogP contribution >= 0.6 is 27.3 Å². The van der Waals surface area contributed by atoms with Crippen LogP contribution < -0.4 is 10.7 Å². The van der Waals surface area contributed by atoms with Gasteiger partial charge in [0.15, 0.2) is 0 Å². The van der Waals surface area contributed by atoms with E-state index in [-0.39, 0.29) is 0 Å². The SMILES string of the molecule is CC1(c2ccccc2)NC(=O)N(NC(=O)c2csc(Br)c2)C1=O. The monoisotopic (exact) mass is 393 g/mol. The number of hydrogen-bond acceptors (Lipinski definition) is 4. The summed E-state index contributed by atoms with van der Waals surface area (Å²) in [4.78, 5) is 36.9. The van der Waals surface area contributed by atoms with Crippen molar-refractivity contribution in [3.8, 4) is 0 Å². The number of nitrogens with zero attached hydrogens (tertiary/aromatic N) is 1. The number of carbonyl (C=O) groups is 3. The van der Waals surface area contributed by atoms with Crippen molar-refractivity contribution in [3.63, 3.8) is 0 Å². The van der Waals surface area contributed by atoms with E-state index in [0.29, 0.717) is 11.1 Å². The highest BCUT2D eigenvalue weighted by molar-refractivity contribution is 9.11. The quantitative estimate of drug-likeness (QED) is 0.786. The van der Waals surface area contributed by atoms with Crippen molar-refractivity contribution in [3.05, 3.63) is 56.7 Å². The van der Waals surface area contributed by atoms with Crippen molar-refractivity contribution in [2.45, 2.75) is 12.5 Å². The third-order valence-electron chi connectivity index (χ3n) is 3.58. The molecule has 0 spiro atoms. The van der Waals surface area contributed by atoms with Crippen molar-refractivity contribution < 1.29 is 14.4 Å². The van der Waals surface area contributed by atoms with E-state index < -0.39 is 23.4 Å². The molecular formula is C15H12BrN3O3S. The Labute approximate surface area is 144 Å². The lowest BCUT2D eigenvalue weighted by Gasteiger charge is -2.22. The van der Waals surface area contributed by atoms with Gasteiger partial charge >= 0.3 is 6.03 Å². The van der Waals surface area contributed by atoms with E-state index in [1.807, 2.05) is 6.07 Å². The molecular weight excluding hydrogens is 382 g/mol. The van der Waals surface area contributed by atoms with Crippen molar-refractivity contribution in [2.75, 3.05) is 0 Å². The van der Waals surface area contributed by atoms with E-state index >= 15 is 0 Å². The van der Waals surface area contributed by atoms with Crippen LogP contribution in [-0.2, 0) is 10.3 Å². The molecule has 0 bridgehead atoms. The molecule has 1 aromatic carbocycles. The minimum atomic E-state index is -1.21. The highest BCUT2D eigenvalue weighted by atomic mass is 79.9. The lowest BCUT2D eigenvalue weighted by molar-refractivity contribution is -0.132. The summed E-state index contributed by atoms with van der Waals surface area (Å²) in [6.45, 7) is 1.61. The van der Waals surface area contributed by atoms with E-state index in [4.69, 9.17) is 0 Å². The minimum absolute atomic E-state index is 0.371. The van der Waals surface area contributed by atoms with Gasteiger partial charge in [-0.25, -0.2) is 4.79 Å². The zero-order chi connectivity index (χ0) is 16.6. The number of halogens is 1. The van der Waals surface area contributed by atoms with Crippen LogP contribution in [0.2, 0.25) is 0 Å². The van der Waals surface area contributed by atoms with Gasteiger partial charge in [0, 0.05) is 5.38 Å². The Morgan fingerprint density at radius 1 is 1.30 bits per heavy atom. The number of rotatable bonds is 3. The van der Waals surface area contributed by atoms with Gasteiger partial charge in [-0.1, -0.05) is 30.3 Å². The summed E-state index contributed by atoms with van der Waals surface area (Å²) in [7, 11) is 0. The number of imide groups is 1. The smallest absolute Gasteiger partial charge is 0.318 e. The number of hydrazine groups is 1. The molecule has 23 heavy (non-hydrogen) atoms. The predicted octanol–water partition coefficient (Wildman–Crippen LogP) is 2.62. The number of urea groups is 1. The van der Waals surface area contributed by atoms with Gasteiger partial charge in [0.25, 0.3) is 11.8 Å². The van der Waals surface area contributed by atoms with Gasteiger partial charge in [0.05, 0.1) is 9.35 Å². The van der Waals surface area contributed by atoms with E-state index in [1.165, 1.54) is 11.3 Å². The first-order chi connectivity index (χ1) is 10.9. The molecule has 2 N–H and O–H groups in total. The Hall–Kier alpha value is -2.19. The summed E-state index contributed by atoms with van der Waals surface area (Å²) in [5.74, 6) is -1.05. The van der Waals surface area contributed by atoms with Crippen LogP contribution in [0.4, 0.5) is 4.79 Å². The fourth-order valence-corrected chi connectivity index (χ4v) is 3.44. The summed E-state index contributed by atoms with van der Waals surface area (Å²) < 4.78 is 0.786. The lowest BCUT2D eigenvalue weighted by Crippen LogP contribution is -2.47. The van der Waals surface area contributed by atoms with Crippen LogP contribution in [0.25, 0.3) is 0 Å². The maximum Gasteiger partial charge on any atom is 0.344 e. The van der Waals surface area contributed by atoms with E-state index in [1.54, 1.807) is 42.6 Å². The average molecular weight is 394 g/mol. The molecule has 1 aliphatic heterocycles. The summed E-state index contributed by atoms with van der Waals surface area (Å²) in [6, 6.07) is 9.84. The summed E-state index contributed by atoms with van der Waals surface area (Å²) >= 11 is 4.60. The van der Waals surface area contributed by atoms with Crippen LogP contribution in [0.15, 0.2) is 45.6 Å². The number of amides is 4. The third kappa shape index (κ3) is 2.75. The van der Waals surface area contributed by atoms with Crippen molar-refractivity contribution in [1.82, 2.24) is 15.8 Å². The van der Waals surface area contributed by atoms with Crippen molar-refractivity contribution in [1.29, 1.82) is 0 Å². The number of benzene rings is 1. The fraction of sp³-hybridized carbons (Fsp3) is 0.133. The molecule has 4 amide bonds. The van der Waals surface area contributed by atoms with E-state index in [2.05, 4.69) is 26.7 Å². The predicted molar refractivity (Wildman–Crippen MR) is 88.7 cm³/mol. The molecule has 118 valence electrons. The van der Waals surface area contributed by atoms with Gasteiger partial charge in [0.2, 0.25) is 0 Å². The molecule has 1 saturated heterocycles. The van der Waals surface area contributed by atoms with Crippen LogP contribution in [0, 0.1) is 0 Å². The Kier molecular flexibility index (Phi) is 3.95. The van der Waals surface area contributed by atoms with Crippen LogP contribution in [0.1, 0.15) is 22.8 Å². The molecule has 3 rings (SSSR count). The van der Waals surface area contributed by atoms with Gasteiger partial charge in [-0.2, -0.15) is 5.01 Å². The second-order valence-corrected chi connectivity index (χ2v) is 7.43. The van der Waals surface area contributed by atoms with Crippen LogP contribution in [0.5, 0.6) is 0 Å². The average Bonchev–Trinajstić information content (AvgIpc) is 3.06. The third-order valence-corrected chi connectivity index (χ3v) is 5.09. The molecule has 1 aliphatic rings. The molecule has 2 aromatic rings. The van der Waals surface area contributed by atoms with E-state index in [0.717, 1.165) is 8.80 Å². The molecule has 1 fully saturated rings. The normalized spacial score (nSPS) is 20.5. The second-order valence-electron chi connectivity index (χ2n) is 5.14. The molecule has 1 aromatic heterocycles. The van der Waals surface area contributed by atoms with Crippen LogP contribution in [-0.4, -0.2) is 22.9 Å². The Morgan fingerprint density at radius 3 is 2.61 bits per heavy atom. The van der Waals surface area contributed by atoms with Gasteiger partial charge in [0.1, 0.15) is 5.54 Å². The summed E-state index contributed by atoms with van der Waals surface area (Å²) in [5.41, 5.74) is 2.16. The molecule has 0 saturated carbocycles. The molecule has 8 heteroatoms. The number of carbonyl (C=O) groups excluding carboxylic acids is 3. The standard InChI is InChI=1S/C15H12BrN3O3S/c1-15(10-5-3-2-4-6-10)13(21)19(14(22)17-15)18-12(20)9-7-11(16)23-8-9/h2-8H,1H3,(H,17,22)(H,18,20). The lowest BCUT2D eigenvalue weighted by atomic mass is 9.92. The molecule has 0 radical (unpaired) electrons. The van der Waals surface area contributed by atoms with Crippen molar-refractivity contribution in [2.24, 2.45) is 0 Å². The number of thiophene rings is 1. The highest BCUT2D eigenvalue weighted by Gasteiger charge is 2.50. The molecule has 1 atom stereocenters. The second kappa shape index (κ2) is 5.78. The largest absolute Gasteiger partial charge is 0.344 e. The Bertz CT molecular complexity index is 792. The Morgan fingerprint density at radius 2 is 2.00 bits per heavy atom. The van der Waals surface area contributed by atoms with Crippen molar-refractivity contribution >= 4 is 45.1 Å². The maximum atomic E-state index is 12.6. The topological polar surface area (TPSA) is 78.5 Å². The Balaban J connectivity index is 1.83. The molecule has 6 nitrogen and oxygen atoms in total. The zero-order valence-corrected chi connectivity index (χ0v) is 14.4. The van der Waals surface area contributed by atoms with Gasteiger partial charge in [-0.15, -0.1) is 11.3 Å². The number of nitrogens with one attached hydrogen (secondary N) is 2. The number of hydrogen-bond donors (Lipinski definition) is 2. The van der Waals surface area contributed by atoms with Gasteiger partial charge in [-0.3, -0.25) is 15.0 Å². The molecule has 2 heterocycles.